The quantitative estimate of drug-likeness (QED) is 0.747. The van der Waals surface area contributed by atoms with Crippen LogP contribution in [-0.4, -0.2) is 27.8 Å². The minimum Gasteiger partial charge on any atom is -0.349 e. The highest BCUT2D eigenvalue weighted by Crippen LogP contribution is 2.25. The average Bonchev–Trinajstić information content (AvgIpc) is 3.17. The van der Waals surface area contributed by atoms with Crippen molar-refractivity contribution >= 4 is 5.91 Å². The van der Waals surface area contributed by atoms with Crippen LogP contribution in [0.3, 0.4) is 0 Å². The molecule has 1 heterocycles. The number of hydrogen-bond donors (Lipinski definition) is 2. The minimum atomic E-state index is -0.0727. The van der Waals surface area contributed by atoms with Crippen LogP contribution in [0.2, 0.25) is 0 Å². The Morgan fingerprint density at radius 1 is 0.963 bits per heavy atom. The zero-order chi connectivity index (χ0) is 18.6. The molecule has 5 heteroatoms. The van der Waals surface area contributed by atoms with Crippen LogP contribution in [0.15, 0.2) is 66.9 Å². The van der Waals surface area contributed by atoms with E-state index in [0.29, 0.717) is 11.3 Å². The lowest BCUT2D eigenvalue weighted by atomic mass is 9.91. The number of nitrogens with one attached hydrogen (secondary N) is 1. The Hall–Kier alpha value is -2.92. The van der Waals surface area contributed by atoms with Crippen LogP contribution < -0.4 is 11.1 Å². The van der Waals surface area contributed by atoms with Crippen molar-refractivity contribution in [2.75, 3.05) is 0 Å². The van der Waals surface area contributed by atoms with Gasteiger partial charge in [-0.1, -0.05) is 48.5 Å². The monoisotopic (exact) mass is 360 g/mol. The summed E-state index contributed by atoms with van der Waals surface area (Å²) in [5, 5.41) is 7.90. The summed E-state index contributed by atoms with van der Waals surface area (Å²) in [4.78, 5) is 13.0. The Morgan fingerprint density at radius 2 is 1.59 bits per heavy atom. The summed E-state index contributed by atoms with van der Waals surface area (Å²) < 4.78 is 1.77. The van der Waals surface area contributed by atoms with Crippen molar-refractivity contribution in [3.05, 3.63) is 72.4 Å². The second kappa shape index (κ2) is 7.76. The second-order valence-electron chi connectivity index (χ2n) is 7.12. The molecule has 1 amide bonds. The molecule has 1 aliphatic rings. The summed E-state index contributed by atoms with van der Waals surface area (Å²) in [5.74, 6) is -0.0727. The van der Waals surface area contributed by atoms with E-state index in [4.69, 9.17) is 10.8 Å². The van der Waals surface area contributed by atoms with Crippen molar-refractivity contribution in [1.29, 1.82) is 0 Å². The number of carbonyl (C=O) groups excluding carboxylic acids is 1. The Kier molecular flexibility index (Phi) is 5.03. The Labute approximate surface area is 159 Å². The van der Waals surface area contributed by atoms with E-state index in [0.717, 1.165) is 36.9 Å². The van der Waals surface area contributed by atoms with Gasteiger partial charge >= 0.3 is 0 Å². The first-order chi connectivity index (χ1) is 13.2. The number of hydrogen-bond acceptors (Lipinski definition) is 3. The number of para-hydroxylation sites is 1. The first-order valence-electron chi connectivity index (χ1n) is 9.47. The molecule has 0 atom stereocenters. The fraction of sp³-hybridized carbons (Fsp3) is 0.273. The molecule has 1 fully saturated rings. The van der Waals surface area contributed by atoms with Gasteiger partial charge in [-0.3, -0.25) is 4.79 Å². The van der Waals surface area contributed by atoms with Crippen LogP contribution >= 0.6 is 0 Å². The van der Waals surface area contributed by atoms with Gasteiger partial charge in [-0.25, -0.2) is 4.68 Å². The van der Waals surface area contributed by atoms with Gasteiger partial charge in [0.05, 0.1) is 11.3 Å². The van der Waals surface area contributed by atoms with Crippen molar-refractivity contribution in [2.24, 2.45) is 5.73 Å². The average molecular weight is 360 g/mol. The van der Waals surface area contributed by atoms with Crippen molar-refractivity contribution in [3.8, 4) is 16.9 Å². The van der Waals surface area contributed by atoms with Crippen LogP contribution in [0.1, 0.15) is 36.0 Å². The highest BCUT2D eigenvalue weighted by atomic mass is 16.1. The molecule has 1 aliphatic carbocycles. The lowest BCUT2D eigenvalue weighted by Crippen LogP contribution is -2.40. The molecule has 2 aromatic carbocycles. The standard InChI is InChI=1S/C22H24N4O/c23-17-11-13-18(14-12-17)24-22(27)20-15-26(19-9-5-2-6-10-19)25-21(20)16-7-3-1-4-8-16/h1-10,15,17-18H,11-14,23H2,(H,24,27). The summed E-state index contributed by atoms with van der Waals surface area (Å²) in [6, 6.07) is 20.1. The van der Waals surface area contributed by atoms with Gasteiger partial charge in [-0.05, 0) is 37.8 Å². The normalized spacial score (nSPS) is 19.6. The molecule has 138 valence electrons. The zero-order valence-corrected chi connectivity index (χ0v) is 15.2. The first-order valence-corrected chi connectivity index (χ1v) is 9.47. The van der Waals surface area contributed by atoms with E-state index in [2.05, 4.69) is 5.32 Å². The fourth-order valence-corrected chi connectivity index (χ4v) is 3.59. The summed E-state index contributed by atoms with van der Waals surface area (Å²) >= 11 is 0. The highest BCUT2D eigenvalue weighted by molar-refractivity contribution is 6.00. The first kappa shape index (κ1) is 17.5. The number of nitrogens with zero attached hydrogens (tertiary/aromatic N) is 2. The largest absolute Gasteiger partial charge is 0.349 e. The van der Waals surface area contributed by atoms with Crippen LogP contribution in [0, 0.1) is 0 Å². The van der Waals surface area contributed by atoms with Crippen molar-refractivity contribution in [2.45, 2.75) is 37.8 Å². The van der Waals surface area contributed by atoms with Gasteiger partial charge in [-0.2, -0.15) is 5.10 Å². The van der Waals surface area contributed by atoms with E-state index in [-0.39, 0.29) is 18.0 Å². The molecule has 0 bridgehead atoms. The van der Waals surface area contributed by atoms with Crippen molar-refractivity contribution in [1.82, 2.24) is 15.1 Å². The number of benzene rings is 2. The molecule has 3 aromatic rings. The molecule has 0 aliphatic heterocycles. The number of aromatic nitrogens is 2. The molecule has 1 saturated carbocycles. The van der Waals surface area contributed by atoms with Crippen LogP contribution in [0.5, 0.6) is 0 Å². The van der Waals surface area contributed by atoms with E-state index in [9.17, 15) is 4.79 Å². The molecule has 27 heavy (non-hydrogen) atoms. The van der Waals surface area contributed by atoms with Crippen LogP contribution in [0.4, 0.5) is 0 Å². The van der Waals surface area contributed by atoms with E-state index >= 15 is 0 Å². The van der Waals surface area contributed by atoms with E-state index in [1.54, 1.807) is 4.68 Å². The zero-order valence-electron chi connectivity index (χ0n) is 15.2. The molecule has 0 unspecified atom stereocenters. The van der Waals surface area contributed by atoms with Gasteiger partial charge < -0.3 is 11.1 Å². The smallest absolute Gasteiger partial charge is 0.255 e. The summed E-state index contributed by atoms with van der Waals surface area (Å²) in [7, 11) is 0. The Morgan fingerprint density at radius 3 is 2.26 bits per heavy atom. The number of rotatable bonds is 4. The maximum Gasteiger partial charge on any atom is 0.255 e. The number of amides is 1. The molecular formula is C22H24N4O. The predicted octanol–water partition coefficient (Wildman–Crippen LogP) is 3.54. The summed E-state index contributed by atoms with van der Waals surface area (Å²) in [6.45, 7) is 0. The van der Waals surface area contributed by atoms with Gasteiger partial charge in [0.1, 0.15) is 5.69 Å². The van der Waals surface area contributed by atoms with E-state index in [1.165, 1.54) is 0 Å². The van der Waals surface area contributed by atoms with Crippen LogP contribution in [-0.2, 0) is 0 Å². The fourth-order valence-electron chi connectivity index (χ4n) is 3.59. The van der Waals surface area contributed by atoms with Crippen LogP contribution in [0.25, 0.3) is 16.9 Å². The maximum atomic E-state index is 13.0. The molecule has 5 nitrogen and oxygen atoms in total. The maximum absolute atomic E-state index is 13.0. The van der Waals surface area contributed by atoms with E-state index in [1.807, 2.05) is 66.9 Å². The molecule has 0 saturated heterocycles. The molecular weight excluding hydrogens is 336 g/mol. The number of carbonyl (C=O) groups is 1. The van der Waals surface area contributed by atoms with E-state index < -0.39 is 0 Å². The summed E-state index contributed by atoms with van der Waals surface area (Å²) in [5.41, 5.74) is 9.14. The Balaban J connectivity index is 1.65. The van der Waals surface area contributed by atoms with Crippen molar-refractivity contribution in [3.63, 3.8) is 0 Å². The van der Waals surface area contributed by atoms with Gasteiger partial charge in [-0.15, -0.1) is 0 Å². The molecule has 0 radical (unpaired) electrons. The predicted molar refractivity (Wildman–Crippen MR) is 107 cm³/mol. The third-order valence-corrected chi connectivity index (χ3v) is 5.13. The third kappa shape index (κ3) is 3.93. The second-order valence-corrected chi connectivity index (χ2v) is 7.12. The molecule has 4 rings (SSSR count). The van der Waals surface area contributed by atoms with Gasteiger partial charge in [0.2, 0.25) is 0 Å². The highest BCUT2D eigenvalue weighted by Gasteiger charge is 2.24. The van der Waals surface area contributed by atoms with Gasteiger partial charge in [0.25, 0.3) is 5.91 Å². The lowest BCUT2D eigenvalue weighted by Gasteiger charge is -2.26. The number of nitrogens with two attached hydrogens (primary N) is 1. The SMILES string of the molecule is NC1CCC(NC(=O)c2cn(-c3ccccc3)nc2-c2ccccc2)CC1. The topological polar surface area (TPSA) is 72.9 Å². The third-order valence-electron chi connectivity index (χ3n) is 5.13. The van der Waals surface area contributed by atoms with Gasteiger partial charge in [0, 0.05) is 23.8 Å². The van der Waals surface area contributed by atoms with Gasteiger partial charge in [0.15, 0.2) is 0 Å². The minimum absolute atomic E-state index is 0.0727. The molecule has 1 aromatic heterocycles. The summed E-state index contributed by atoms with van der Waals surface area (Å²) in [6.07, 6.45) is 5.60. The Bertz CT molecular complexity index is 897. The molecule has 3 N–H and O–H groups in total. The van der Waals surface area contributed by atoms with Crippen molar-refractivity contribution < 1.29 is 4.79 Å². The lowest BCUT2D eigenvalue weighted by molar-refractivity contribution is 0.0926. The molecule has 0 spiro atoms.